The molecule has 9 rings (SSSR count). The van der Waals surface area contributed by atoms with Crippen molar-refractivity contribution in [1.82, 2.24) is 19.9 Å². The summed E-state index contributed by atoms with van der Waals surface area (Å²) in [7, 11) is 3.31. The maximum atomic E-state index is 6.15. The first-order chi connectivity index (χ1) is 29.6. The highest BCUT2D eigenvalue weighted by molar-refractivity contribution is 5.85. The summed E-state index contributed by atoms with van der Waals surface area (Å²) in [5.41, 5.74) is 11.4. The fourth-order valence-electron chi connectivity index (χ4n) is 7.19. The Balaban J connectivity index is 1.04. The van der Waals surface area contributed by atoms with Crippen LogP contribution in [0.15, 0.2) is 182 Å². The number of hydrogen-bond acceptors (Lipinski definition) is 6. The molecule has 2 heterocycles. The molecule has 0 atom stereocenters. The molecule has 0 radical (unpaired) electrons. The molecule has 0 unspecified atom stereocenters. The van der Waals surface area contributed by atoms with Crippen LogP contribution < -0.4 is 18.9 Å². The summed E-state index contributed by atoms with van der Waals surface area (Å²) < 4.78 is 23.9. The molecule has 8 nitrogen and oxygen atoms in total. The van der Waals surface area contributed by atoms with Crippen molar-refractivity contribution in [3.63, 3.8) is 0 Å². The summed E-state index contributed by atoms with van der Waals surface area (Å²) >= 11 is 0. The summed E-state index contributed by atoms with van der Waals surface area (Å²) in [6.45, 7) is 0.879. The lowest BCUT2D eigenvalue weighted by molar-refractivity contribution is 0.284. The van der Waals surface area contributed by atoms with E-state index in [2.05, 4.69) is 58.5 Å². The zero-order valence-corrected chi connectivity index (χ0v) is 33.3. The number of rotatable bonds is 14. The monoisotopic (exact) mass is 786 g/mol. The van der Waals surface area contributed by atoms with Gasteiger partial charge in [-0.25, -0.2) is 9.97 Å². The topological polar surface area (TPSA) is 94.3 Å². The summed E-state index contributed by atoms with van der Waals surface area (Å²) in [6.07, 6.45) is 0. The zero-order valence-electron chi connectivity index (χ0n) is 33.3. The Bertz CT molecular complexity index is 2630. The first kappa shape index (κ1) is 37.7. The van der Waals surface area contributed by atoms with E-state index in [0.29, 0.717) is 36.2 Å². The fraction of sp³-hybridized carbons (Fsp3) is 0.0769. The maximum absolute atomic E-state index is 6.15. The van der Waals surface area contributed by atoms with Crippen molar-refractivity contribution in [2.75, 3.05) is 14.2 Å². The molecule has 0 saturated carbocycles. The highest BCUT2D eigenvalue weighted by Gasteiger charge is 2.20. The normalized spacial score (nSPS) is 11.0. The molecule has 0 aliphatic carbocycles. The summed E-state index contributed by atoms with van der Waals surface area (Å²) in [5.74, 6) is 4.03. The molecule has 2 N–H and O–H groups in total. The van der Waals surface area contributed by atoms with Gasteiger partial charge in [-0.05, 0) is 47.5 Å². The van der Waals surface area contributed by atoms with Gasteiger partial charge in [0.2, 0.25) is 0 Å². The third-order valence-corrected chi connectivity index (χ3v) is 10.3. The Morgan fingerprint density at radius 1 is 0.367 bits per heavy atom. The van der Waals surface area contributed by atoms with Gasteiger partial charge in [-0.2, -0.15) is 0 Å². The van der Waals surface area contributed by atoms with Gasteiger partial charge in [0.1, 0.15) is 24.9 Å². The fourth-order valence-corrected chi connectivity index (χ4v) is 7.19. The largest absolute Gasteiger partial charge is 0.493 e. The molecule has 0 bridgehead atoms. The number of methoxy groups -OCH3 is 2. The predicted octanol–water partition coefficient (Wildman–Crippen LogP) is 12.3. The van der Waals surface area contributed by atoms with E-state index >= 15 is 0 Å². The van der Waals surface area contributed by atoms with Gasteiger partial charge in [-0.1, -0.05) is 146 Å². The second kappa shape index (κ2) is 17.3. The van der Waals surface area contributed by atoms with Crippen LogP contribution in [0.25, 0.3) is 67.8 Å². The number of aromatic nitrogens is 4. The number of H-pyrrole nitrogens is 2. The molecule has 0 aliphatic heterocycles. The van der Waals surface area contributed by atoms with Gasteiger partial charge in [0.05, 0.1) is 37.0 Å². The molecule has 9 aromatic rings. The number of ether oxygens (including phenoxy) is 4. The standard InChI is InChI=1S/C52H42N4O4/c1-57-45-31-41(27-29-43(45)59-33-35-15-7-3-8-16-35)51-53-47(37-19-11-5-12-20-37)49(55-51)39-23-25-40(26-24-39)50-48(38-21-13-6-14-22-38)54-52(56-50)42-28-30-44(46(32-42)58-2)60-34-36-17-9-4-10-18-36/h3-32H,33-34H2,1-2H3,(H,53,55)(H,54,56). The average Bonchev–Trinajstić information content (AvgIpc) is 3.98. The number of aromatic amines is 2. The second-order valence-electron chi connectivity index (χ2n) is 14.2. The third-order valence-electron chi connectivity index (χ3n) is 10.3. The summed E-state index contributed by atoms with van der Waals surface area (Å²) in [5, 5.41) is 0. The number of nitrogens with zero attached hydrogens (tertiary/aromatic N) is 2. The molecule has 294 valence electrons. The molecule has 0 saturated heterocycles. The number of imidazole rings is 2. The van der Waals surface area contributed by atoms with Gasteiger partial charge < -0.3 is 28.9 Å². The SMILES string of the molecule is COc1cc(-c2nc(-c3ccccc3)c(-c3ccc(-c4[nH]c(-c5ccc(OCc6ccccc6)c(OC)c5)nc4-c4ccccc4)cc3)[nH]2)ccc1OCc1ccccc1. The van der Waals surface area contributed by atoms with Gasteiger partial charge in [-0.15, -0.1) is 0 Å². The van der Waals surface area contributed by atoms with Crippen LogP contribution in [0.1, 0.15) is 11.1 Å². The minimum atomic E-state index is 0.440. The van der Waals surface area contributed by atoms with Crippen LogP contribution in [0, 0.1) is 0 Å². The van der Waals surface area contributed by atoms with E-state index in [1.807, 2.05) is 133 Å². The lowest BCUT2D eigenvalue weighted by atomic mass is 10.0. The molecule has 0 spiro atoms. The van der Waals surface area contributed by atoms with Crippen LogP contribution in [-0.4, -0.2) is 34.2 Å². The van der Waals surface area contributed by atoms with Crippen molar-refractivity contribution in [3.8, 4) is 90.8 Å². The van der Waals surface area contributed by atoms with Gasteiger partial charge >= 0.3 is 0 Å². The molecule has 0 aliphatic rings. The minimum Gasteiger partial charge on any atom is -0.493 e. The highest BCUT2D eigenvalue weighted by Crippen LogP contribution is 2.40. The van der Waals surface area contributed by atoms with E-state index in [-0.39, 0.29) is 0 Å². The van der Waals surface area contributed by atoms with Crippen LogP contribution in [0.2, 0.25) is 0 Å². The van der Waals surface area contributed by atoms with Crippen molar-refractivity contribution < 1.29 is 18.9 Å². The zero-order chi connectivity index (χ0) is 40.7. The smallest absolute Gasteiger partial charge is 0.161 e. The first-order valence-corrected chi connectivity index (χ1v) is 19.8. The van der Waals surface area contributed by atoms with Gasteiger partial charge in [0.15, 0.2) is 23.0 Å². The Hall–Kier alpha value is -7.84. The van der Waals surface area contributed by atoms with Crippen molar-refractivity contribution in [1.29, 1.82) is 0 Å². The number of nitrogens with one attached hydrogen (secondary N) is 2. The lowest BCUT2D eigenvalue weighted by Crippen LogP contribution is -1.98. The van der Waals surface area contributed by atoms with Crippen molar-refractivity contribution >= 4 is 0 Å². The number of benzene rings is 7. The molecule has 0 fully saturated rings. The van der Waals surface area contributed by atoms with E-state index in [9.17, 15) is 0 Å². The summed E-state index contributed by atoms with van der Waals surface area (Å²) in [6, 6.07) is 60.9. The van der Waals surface area contributed by atoms with Crippen LogP contribution >= 0.6 is 0 Å². The van der Waals surface area contributed by atoms with E-state index in [0.717, 1.165) is 78.9 Å². The van der Waals surface area contributed by atoms with Crippen LogP contribution in [0.4, 0.5) is 0 Å². The second-order valence-corrected chi connectivity index (χ2v) is 14.2. The van der Waals surface area contributed by atoms with Crippen molar-refractivity contribution in [3.05, 3.63) is 193 Å². The quantitative estimate of drug-likeness (QED) is 0.114. The Kier molecular flexibility index (Phi) is 10.9. The van der Waals surface area contributed by atoms with E-state index < -0.39 is 0 Å². The van der Waals surface area contributed by atoms with Gasteiger partial charge in [0.25, 0.3) is 0 Å². The number of hydrogen-bond donors (Lipinski definition) is 2. The van der Waals surface area contributed by atoms with Crippen LogP contribution in [-0.2, 0) is 13.2 Å². The van der Waals surface area contributed by atoms with E-state index in [1.165, 1.54) is 0 Å². The minimum absolute atomic E-state index is 0.440. The average molecular weight is 787 g/mol. The predicted molar refractivity (Wildman–Crippen MR) is 238 cm³/mol. The highest BCUT2D eigenvalue weighted by atomic mass is 16.5. The van der Waals surface area contributed by atoms with Crippen LogP contribution in [0.3, 0.4) is 0 Å². The van der Waals surface area contributed by atoms with Gasteiger partial charge in [0, 0.05) is 33.4 Å². The van der Waals surface area contributed by atoms with Crippen molar-refractivity contribution in [2.45, 2.75) is 13.2 Å². The lowest BCUT2D eigenvalue weighted by Gasteiger charge is -2.12. The molecule has 2 aromatic heterocycles. The molecule has 0 amide bonds. The van der Waals surface area contributed by atoms with E-state index in [1.54, 1.807) is 14.2 Å². The molecule has 7 aromatic carbocycles. The molecular weight excluding hydrogens is 745 g/mol. The Labute approximate surface area is 349 Å². The molecule has 8 heteroatoms. The first-order valence-electron chi connectivity index (χ1n) is 19.8. The van der Waals surface area contributed by atoms with Crippen LogP contribution in [0.5, 0.6) is 23.0 Å². The maximum Gasteiger partial charge on any atom is 0.161 e. The van der Waals surface area contributed by atoms with Crippen molar-refractivity contribution in [2.24, 2.45) is 0 Å². The third kappa shape index (κ3) is 8.12. The summed E-state index contributed by atoms with van der Waals surface area (Å²) in [4.78, 5) is 17.6. The molecule has 60 heavy (non-hydrogen) atoms. The Morgan fingerprint density at radius 2 is 0.717 bits per heavy atom. The van der Waals surface area contributed by atoms with Gasteiger partial charge in [-0.3, -0.25) is 0 Å². The Morgan fingerprint density at radius 3 is 1.08 bits per heavy atom. The molecular formula is C52H42N4O4. The van der Waals surface area contributed by atoms with E-state index in [4.69, 9.17) is 28.9 Å².